The van der Waals surface area contributed by atoms with Gasteiger partial charge < -0.3 is 14.1 Å². The zero-order valence-electron chi connectivity index (χ0n) is 11.0. The van der Waals surface area contributed by atoms with Crippen LogP contribution in [-0.2, 0) is 16.0 Å². The van der Waals surface area contributed by atoms with Crippen molar-refractivity contribution in [2.24, 2.45) is 0 Å². The molecule has 1 fully saturated rings. The molecule has 1 aliphatic heterocycles. The Kier molecular flexibility index (Phi) is 3.52. The molecule has 1 aromatic carbocycles. The Morgan fingerprint density at radius 2 is 1.95 bits per heavy atom. The second-order valence-corrected chi connectivity index (χ2v) is 4.77. The molecule has 104 valence electrons. The van der Waals surface area contributed by atoms with Crippen molar-refractivity contribution in [1.29, 1.82) is 0 Å². The predicted molar refractivity (Wildman–Crippen MR) is 73.6 cm³/mol. The van der Waals surface area contributed by atoms with E-state index in [2.05, 4.69) is 0 Å². The lowest BCUT2D eigenvalue weighted by atomic mass is 10.1. The largest absolute Gasteiger partial charge is 0.423 e. The van der Waals surface area contributed by atoms with Crippen molar-refractivity contribution in [3.63, 3.8) is 0 Å². The maximum atomic E-state index is 12.1. The summed E-state index contributed by atoms with van der Waals surface area (Å²) in [7, 11) is 0. The van der Waals surface area contributed by atoms with Crippen molar-refractivity contribution in [3.8, 4) is 0 Å². The van der Waals surface area contributed by atoms with E-state index < -0.39 is 5.63 Å². The minimum Gasteiger partial charge on any atom is -0.423 e. The monoisotopic (exact) mass is 273 g/mol. The summed E-state index contributed by atoms with van der Waals surface area (Å²) in [5.74, 6) is -0.0594. The number of carbonyl (C=O) groups excluding carboxylic acids is 1. The van der Waals surface area contributed by atoms with Gasteiger partial charge in [-0.25, -0.2) is 4.79 Å². The van der Waals surface area contributed by atoms with Gasteiger partial charge in [0.05, 0.1) is 19.6 Å². The van der Waals surface area contributed by atoms with E-state index in [4.69, 9.17) is 9.15 Å². The van der Waals surface area contributed by atoms with Crippen LogP contribution in [0.1, 0.15) is 5.56 Å². The highest BCUT2D eigenvalue weighted by Crippen LogP contribution is 2.13. The molecule has 0 saturated carbocycles. The number of carbonyl (C=O) groups is 1. The third-order valence-corrected chi connectivity index (χ3v) is 3.42. The first-order valence-electron chi connectivity index (χ1n) is 6.61. The average Bonchev–Trinajstić information content (AvgIpc) is 2.49. The summed E-state index contributed by atoms with van der Waals surface area (Å²) in [6.45, 7) is 2.27. The first kappa shape index (κ1) is 12.9. The molecule has 1 aromatic heterocycles. The van der Waals surface area contributed by atoms with E-state index in [1.54, 1.807) is 17.0 Å². The topological polar surface area (TPSA) is 59.8 Å². The van der Waals surface area contributed by atoms with Gasteiger partial charge in [0.15, 0.2) is 0 Å². The van der Waals surface area contributed by atoms with Crippen molar-refractivity contribution >= 4 is 16.9 Å². The summed E-state index contributed by atoms with van der Waals surface area (Å²) in [5.41, 5.74) is 0.505. The zero-order valence-corrected chi connectivity index (χ0v) is 11.0. The molecule has 0 aliphatic carbocycles. The van der Waals surface area contributed by atoms with E-state index in [0.717, 1.165) is 5.39 Å². The van der Waals surface area contributed by atoms with Crippen LogP contribution in [0.15, 0.2) is 39.5 Å². The Labute approximate surface area is 115 Å². The Bertz CT molecular complexity index is 686. The smallest absolute Gasteiger partial charge is 0.339 e. The molecule has 5 heteroatoms. The van der Waals surface area contributed by atoms with Crippen LogP contribution in [0.5, 0.6) is 0 Å². The molecule has 20 heavy (non-hydrogen) atoms. The molecule has 0 radical (unpaired) electrons. The van der Waals surface area contributed by atoms with Crippen molar-refractivity contribution in [3.05, 3.63) is 46.3 Å². The van der Waals surface area contributed by atoms with Gasteiger partial charge in [-0.05, 0) is 12.1 Å². The van der Waals surface area contributed by atoms with E-state index in [9.17, 15) is 9.59 Å². The maximum Gasteiger partial charge on any atom is 0.339 e. The molecule has 0 spiro atoms. The van der Waals surface area contributed by atoms with Crippen LogP contribution in [0.2, 0.25) is 0 Å². The first-order chi connectivity index (χ1) is 9.74. The van der Waals surface area contributed by atoms with Gasteiger partial charge in [0.25, 0.3) is 0 Å². The number of para-hydroxylation sites is 1. The quantitative estimate of drug-likeness (QED) is 0.771. The van der Waals surface area contributed by atoms with Gasteiger partial charge in [0.2, 0.25) is 5.91 Å². The third-order valence-electron chi connectivity index (χ3n) is 3.42. The molecule has 0 atom stereocenters. The number of hydrogen-bond acceptors (Lipinski definition) is 4. The second-order valence-electron chi connectivity index (χ2n) is 4.77. The second kappa shape index (κ2) is 5.46. The third kappa shape index (κ3) is 2.58. The number of nitrogens with zero attached hydrogens (tertiary/aromatic N) is 1. The lowest BCUT2D eigenvalue weighted by Crippen LogP contribution is -2.41. The molecule has 0 unspecified atom stereocenters. The van der Waals surface area contributed by atoms with E-state index >= 15 is 0 Å². The van der Waals surface area contributed by atoms with Crippen molar-refractivity contribution in [2.75, 3.05) is 26.3 Å². The molecule has 1 amide bonds. The number of fused-ring (bicyclic) bond motifs is 1. The SMILES string of the molecule is O=C(Cc1cc2ccccc2oc1=O)N1CCOCC1. The van der Waals surface area contributed by atoms with Crippen LogP contribution in [-0.4, -0.2) is 37.1 Å². The van der Waals surface area contributed by atoms with Crippen molar-refractivity contribution in [2.45, 2.75) is 6.42 Å². The van der Waals surface area contributed by atoms with E-state index in [0.29, 0.717) is 37.4 Å². The van der Waals surface area contributed by atoms with Gasteiger partial charge in [-0.1, -0.05) is 18.2 Å². The standard InChI is InChI=1S/C15H15NO4/c17-14(16-5-7-19-8-6-16)10-12-9-11-3-1-2-4-13(11)20-15(12)18/h1-4,9H,5-8,10H2. The Hall–Kier alpha value is -2.14. The fraction of sp³-hybridized carbons (Fsp3) is 0.333. The van der Waals surface area contributed by atoms with Gasteiger partial charge in [0, 0.05) is 24.0 Å². The van der Waals surface area contributed by atoms with E-state index in [1.807, 2.05) is 18.2 Å². The minimum absolute atomic E-state index is 0.0594. The molecule has 5 nitrogen and oxygen atoms in total. The lowest BCUT2D eigenvalue weighted by molar-refractivity contribution is -0.134. The van der Waals surface area contributed by atoms with Gasteiger partial charge in [-0.3, -0.25) is 4.79 Å². The Balaban J connectivity index is 1.84. The fourth-order valence-electron chi connectivity index (χ4n) is 2.32. The van der Waals surface area contributed by atoms with Crippen LogP contribution in [0.4, 0.5) is 0 Å². The molecule has 2 heterocycles. The average molecular weight is 273 g/mol. The molecule has 3 rings (SSSR count). The number of morpholine rings is 1. The highest BCUT2D eigenvalue weighted by molar-refractivity contribution is 5.81. The highest BCUT2D eigenvalue weighted by atomic mass is 16.5. The normalized spacial score (nSPS) is 15.5. The maximum absolute atomic E-state index is 12.1. The van der Waals surface area contributed by atoms with Crippen molar-refractivity contribution in [1.82, 2.24) is 4.90 Å². The lowest BCUT2D eigenvalue weighted by Gasteiger charge is -2.26. The fourth-order valence-corrected chi connectivity index (χ4v) is 2.32. The van der Waals surface area contributed by atoms with E-state index in [1.165, 1.54) is 0 Å². The Morgan fingerprint density at radius 1 is 1.20 bits per heavy atom. The zero-order chi connectivity index (χ0) is 13.9. The number of ether oxygens (including phenoxy) is 1. The summed E-state index contributed by atoms with van der Waals surface area (Å²) in [6, 6.07) is 9.02. The minimum atomic E-state index is -0.440. The number of hydrogen-bond donors (Lipinski definition) is 0. The van der Waals surface area contributed by atoms with Gasteiger partial charge in [0.1, 0.15) is 5.58 Å². The summed E-state index contributed by atoms with van der Waals surface area (Å²) in [5, 5.41) is 0.830. The van der Waals surface area contributed by atoms with Gasteiger partial charge >= 0.3 is 5.63 Å². The molecule has 1 aliphatic rings. The summed E-state index contributed by atoms with van der Waals surface area (Å²) < 4.78 is 10.4. The van der Waals surface area contributed by atoms with Crippen LogP contribution in [0.3, 0.4) is 0 Å². The molecular formula is C15H15NO4. The predicted octanol–water partition coefficient (Wildman–Crippen LogP) is 1.19. The van der Waals surface area contributed by atoms with Gasteiger partial charge in [-0.15, -0.1) is 0 Å². The number of benzene rings is 1. The molecule has 0 N–H and O–H groups in total. The van der Waals surface area contributed by atoms with Crippen LogP contribution >= 0.6 is 0 Å². The molecule has 1 saturated heterocycles. The molecule has 0 bridgehead atoms. The summed E-state index contributed by atoms with van der Waals surface area (Å²) >= 11 is 0. The summed E-state index contributed by atoms with van der Waals surface area (Å²) in [4.78, 5) is 25.8. The molecule has 2 aromatic rings. The molecular weight excluding hydrogens is 258 g/mol. The van der Waals surface area contributed by atoms with Gasteiger partial charge in [-0.2, -0.15) is 0 Å². The summed E-state index contributed by atoms with van der Waals surface area (Å²) in [6.07, 6.45) is 0.0766. The van der Waals surface area contributed by atoms with Crippen molar-refractivity contribution < 1.29 is 13.9 Å². The number of amides is 1. The van der Waals surface area contributed by atoms with E-state index in [-0.39, 0.29) is 12.3 Å². The van der Waals surface area contributed by atoms with Crippen LogP contribution < -0.4 is 5.63 Å². The number of rotatable bonds is 2. The Morgan fingerprint density at radius 3 is 2.75 bits per heavy atom. The van der Waals surface area contributed by atoms with Crippen LogP contribution in [0, 0.1) is 0 Å². The van der Waals surface area contributed by atoms with Crippen LogP contribution in [0.25, 0.3) is 11.0 Å². The first-order valence-corrected chi connectivity index (χ1v) is 6.61. The highest BCUT2D eigenvalue weighted by Gasteiger charge is 2.18.